The molecule has 0 saturated carbocycles. The van der Waals surface area contributed by atoms with Crippen molar-refractivity contribution < 1.29 is 19.0 Å². The van der Waals surface area contributed by atoms with Gasteiger partial charge in [-0.05, 0) is 63.7 Å². The van der Waals surface area contributed by atoms with Crippen molar-refractivity contribution in [2.75, 3.05) is 18.5 Å². The van der Waals surface area contributed by atoms with Gasteiger partial charge in [0.15, 0.2) is 6.29 Å². The number of nitrogens with one attached hydrogen (secondary N) is 1. The maximum absolute atomic E-state index is 11.8. The van der Waals surface area contributed by atoms with Gasteiger partial charge in [-0.2, -0.15) is 0 Å². The first kappa shape index (κ1) is 21.8. The Kier molecular flexibility index (Phi) is 7.39. The maximum atomic E-state index is 11.8. The zero-order chi connectivity index (χ0) is 21.4. The molecule has 1 aromatic heterocycles. The number of aromatic nitrogens is 2. The summed E-state index contributed by atoms with van der Waals surface area (Å²) in [7, 11) is 0. The largest absolute Gasteiger partial charge is 0.444 e. The Morgan fingerprint density at radius 3 is 2.53 bits per heavy atom. The van der Waals surface area contributed by atoms with Gasteiger partial charge in [-0.1, -0.05) is 18.1 Å². The van der Waals surface area contributed by atoms with E-state index < -0.39 is 11.7 Å². The van der Waals surface area contributed by atoms with E-state index in [1.165, 1.54) is 0 Å². The molecule has 1 fully saturated rings. The van der Waals surface area contributed by atoms with E-state index >= 15 is 0 Å². The van der Waals surface area contributed by atoms with Crippen molar-refractivity contribution >= 4 is 11.8 Å². The predicted octanol–water partition coefficient (Wildman–Crippen LogP) is 4.39. The molecule has 0 radical (unpaired) electrons. The Hall–Kier alpha value is -2.95. The van der Waals surface area contributed by atoms with Gasteiger partial charge < -0.3 is 14.2 Å². The molecule has 1 N–H and O–H groups in total. The summed E-state index contributed by atoms with van der Waals surface area (Å²) in [5.74, 6) is 6.26. The quantitative estimate of drug-likeness (QED) is 0.755. The highest BCUT2D eigenvalue weighted by atomic mass is 16.7. The average Bonchev–Trinajstić information content (AvgIpc) is 2.72. The van der Waals surface area contributed by atoms with Crippen LogP contribution in [0.3, 0.4) is 0 Å². The van der Waals surface area contributed by atoms with Crippen molar-refractivity contribution in [2.24, 2.45) is 0 Å². The van der Waals surface area contributed by atoms with Crippen LogP contribution < -0.4 is 5.32 Å². The molecule has 1 unspecified atom stereocenters. The summed E-state index contributed by atoms with van der Waals surface area (Å²) < 4.78 is 16.3. The van der Waals surface area contributed by atoms with E-state index in [1.54, 1.807) is 24.5 Å². The van der Waals surface area contributed by atoms with Crippen LogP contribution in [-0.2, 0) is 14.2 Å². The molecular weight excluding hydrogens is 382 g/mol. The first-order valence-corrected chi connectivity index (χ1v) is 10.0. The molecule has 1 saturated heterocycles. The highest BCUT2D eigenvalue weighted by molar-refractivity contribution is 5.85. The Bertz CT molecular complexity index is 887. The lowest BCUT2D eigenvalue weighted by Gasteiger charge is -2.21. The van der Waals surface area contributed by atoms with Crippen molar-refractivity contribution in [2.45, 2.75) is 51.9 Å². The molecule has 2 aromatic rings. The summed E-state index contributed by atoms with van der Waals surface area (Å²) in [5, 5.41) is 2.71. The van der Waals surface area contributed by atoms with Gasteiger partial charge in [0.2, 0.25) is 5.82 Å². The van der Waals surface area contributed by atoms with Crippen molar-refractivity contribution in [1.82, 2.24) is 9.97 Å². The van der Waals surface area contributed by atoms with E-state index in [9.17, 15) is 4.79 Å². The van der Waals surface area contributed by atoms with Crippen LogP contribution in [0.2, 0.25) is 0 Å². The molecule has 1 aliphatic heterocycles. The standard InChI is InChI=1S/C23H27N3O4/c1-23(2,3)30-22(27)26-19-11-9-17(10-12-19)18-15-24-20(25-16-18)7-6-14-29-21-8-4-5-13-28-21/h9-12,15-16,21H,4-5,8,13-14H2,1-3H3,(H,26,27). The molecule has 0 bridgehead atoms. The van der Waals surface area contributed by atoms with Gasteiger partial charge >= 0.3 is 6.09 Å². The second kappa shape index (κ2) is 10.2. The van der Waals surface area contributed by atoms with Crippen LogP contribution in [0.25, 0.3) is 11.1 Å². The summed E-state index contributed by atoms with van der Waals surface area (Å²) in [6.07, 6.45) is 5.94. The van der Waals surface area contributed by atoms with E-state index in [1.807, 2.05) is 32.9 Å². The van der Waals surface area contributed by atoms with Crippen LogP contribution in [0.5, 0.6) is 0 Å². The molecule has 0 spiro atoms. The lowest BCUT2D eigenvalue weighted by Crippen LogP contribution is -2.27. The molecule has 1 aliphatic rings. The third kappa shape index (κ3) is 7.14. The van der Waals surface area contributed by atoms with Gasteiger partial charge in [-0.15, -0.1) is 0 Å². The first-order valence-electron chi connectivity index (χ1n) is 10.0. The fourth-order valence-corrected chi connectivity index (χ4v) is 2.80. The minimum atomic E-state index is -0.540. The van der Waals surface area contributed by atoms with Gasteiger partial charge in [0, 0.05) is 30.3 Å². The van der Waals surface area contributed by atoms with E-state index in [4.69, 9.17) is 14.2 Å². The molecule has 30 heavy (non-hydrogen) atoms. The van der Waals surface area contributed by atoms with Crippen LogP contribution in [0, 0.1) is 11.8 Å². The summed E-state index contributed by atoms with van der Waals surface area (Å²) in [6, 6.07) is 7.37. The fraction of sp³-hybridized carbons (Fsp3) is 0.435. The lowest BCUT2D eigenvalue weighted by atomic mass is 10.1. The first-order chi connectivity index (χ1) is 14.4. The lowest BCUT2D eigenvalue weighted by molar-refractivity contribution is -0.154. The number of hydrogen-bond acceptors (Lipinski definition) is 6. The van der Waals surface area contributed by atoms with Crippen molar-refractivity contribution in [1.29, 1.82) is 0 Å². The molecule has 2 heterocycles. The number of amides is 1. The summed E-state index contributed by atoms with van der Waals surface area (Å²) in [5.41, 5.74) is 1.90. The van der Waals surface area contributed by atoms with Gasteiger partial charge in [-0.3, -0.25) is 5.32 Å². The second-order valence-electron chi connectivity index (χ2n) is 7.91. The number of benzene rings is 1. The highest BCUT2D eigenvalue weighted by Gasteiger charge is 2.16. The SMILES string of the molecule is CC(C)(C)OC(=O)Nc1ccc(-c2cnc(C#CCOC3CCCCO3)nc2)cc1. The van der Waals surface area contributed by atoms with Crippen molar-refractivity contribution in [3.05, 3.63) is 42.5 Å². The van der Waals surface area contributed by atoms with Crippen LogP contribution in [0.1, 0.15) is 45.9 Å². The molecule has 3 rings (SSSR count). The molecule has 1 atom stereocenters. The minimum absolute atomic E-state index is 0.149. The predicted molar refractivity (Wildman–Crippen MR) is 114 cm³/mol. The zero-order valence-corrected chi connectivity index (χ0v) is 17.6. The smallest absolute Gasteiger partial charge is 0.412 e. The van der Waals surface area contributed by atoms with E-state index in [0.29, 0.717) is 18.1 Å². The second-order valence-corrected chi connectivity index (χ2v) is 7.91. The molecule has 158 valence electrons. The fourth-order valence-electron chi connectivity index (χ4n) is 2.80. The van der Waals surface area contributed by atoms with E-state index in [0.717, 1.165) is 37.0 Å². The summed E-state index contributed by atoms with van der Waals surface area (Å²) in [4.78, 5) is 20.4. The van der Waals surface area contributed by atoms with E-state index in [-0.39, 0.29) is 6.29 Å². The van der Waals surface area contributed by atoms with Crippen LogP contribution >= 0.6 is 0 Å². The Morgan fingerprint density at radius 2 is 1.90 bits per heavy atom. The Balaban J connectivity index is 1.52. The average molecular weight is 409 g/mol. The number of anilines is 1. The van der Waals surface area contributed by atoms with Gasteiger partial charge in [0.1, 0.15) is 12.2 Å². The van der Waals surface area contributed by atoms with Gasteiger partial charge in [0.25, 0.3) is 0 Å². The Morgan fingerprint density at radius 1 is 1.17 bits per heavy atom. The van der Waals surface area contributed by atoms with Crippen molar-refractivity contribution in [3.8, 4) is 23.0 Å². The van der Waals surface area contributed by atoms with E-state index in [2.05, 4.69) is 27.1 Å². The Labute approximate surface area is 177 Å². The van der Waals surface area contributed by atoms with Gasteiger partial charge in [0.05, 0.1) is 0 Å². The third-order valence-electron chi connectivity index (χ3n) is 4.19. The van der Waals surface area contributed by atoms with Gasteiger partial charge in [-0.25, -0.2) is 14.8 Å². The summed E-state index contributed by atoms with van der Waals surface area (Å²) in [6.45, 7) is 6.51. The molecule has 1 amide bonds. The zero-order valence-electron chi connectivity index (χ0n) is 17.6. The molecule has 0 aliphatic carbocycles. The highest BCUT2D eigenvalue weighted by Crippen LogP contribution is 2.20. The maximum Gasteiger partial charge on any atom is 0.412 e. The molecular formula is C23H27N3O4. The van der Waals surface area contributed by atoms with Crippen LogP contribution in [-0.4, -0.2) is 41.2 Å². The number of nitrogens with zero attached hydrogens (tertiary/aromatic N) is 2. The molecule has 1 aromatic carbocycles. The number of carbonyl (C=O) groups is 1. The van der Waals surface area contributed by atoms with Crippen molar-refractivity contribution in [3.63, 3.8) is 0 Å². The molecule has 7 nitrogen and oxygen atoms in total. The van der Waals surface area contributed by atoms with Crippen LogP contribution in [0.4, 0.5) is 10.5 Å². The normalized spacial score (nSPS) is 16.3. The number of rotatable bonds is 4. The monoisotopic (exact) mass is 409 g/mol. The van der Waals surface area contributed by atoms with Crippen LogP contribution in [0.15, 0.2) is 36.7 Å². The summed E-state index contributed by atoms with van der Waals surface area (Å²) >= 11 is 0. The number of ether oxygens (including phenoxy) is 3. The number of carbonyl (C=O) groups excluding carboxylic acids is 1. The minimum Gasteiger partial charge on any atom is -0.444 e. The topological polar surface area (TPSA) is 82.6 Å². The third-order valence-corrected chi connectivity index (χ3v) is 4.19. The number of hydrogen-bond donors (Lipinski definition) is 1. The molecule has 7 heteroatoms.